The molecule has 2 rings (SSSR count). The molecule has 1 saturated heterocycles. The van der Waals surface area contributed by atoms with Crippen molar-refractivity contribution in [2.24, 2.45) is 11.1 Å². The van der Waals surface area contributed by atoms with E-state index in [9.17, 15) is 9.59 Å². The first-order valence-electron chi connectivity index (χ1n) is 8.09. The molecule has 0 unspecified atom stereocenters. The standard InChI is InChI=1S/C17H27N3O3.ClH/c1-11-13(7-10-23-11)15(21)19-12-5-8-20(9-6-12)16(22)14(18)17(2,3)4;/h7,10,12,14H,5-6,8-9,18H2,1-4H3,(H,19,21);1H/t14-;/m1./s1. The van der Waals surface area contributed by atoms with Crippen LogP contribution >= 0.6 is 12.4 Å². The van der Waals surface area contributed by atoms with E-state index in [4.69, 9.17) is 10.2 Å². The van der Waals surface area contributed by atoms with Crippen LogP contribution in [0, 0.1) is 12.3 Å². The molecule has 1 atom stereocenters. The largest absolute Gasteiger partial charge is 0.469 e. The van der Waals surface area contributed by atoms with Crippen molar-refractivity contribution in [3.05, 3.63) is 23.7 Å². The Morgan fingerprint density at radius 2 is 1.92 bits per heavy atom. The first kappa shape index (κ1) is 20.5. The van der Waals surface area contributed by atoms with Crippen LogP contribution < -0.4 is 11.1 Å². The first-order valence-corrected chi connectivity index (χ1v) is 8.09. The Hall–Kier alpha value is -1.53. The molecule has 0 saturated carbocycles. The van der Waals surface area contributed by atoms with E-state index in [-0.39, 0.29) is 35.7 Å². The second-order valence-corrected chi connectivity index (χ2v) is 7.31. The second kappa shape index (κ2) is 8.03. The van der Waals surface area contributed by atoms with Gasteiger partial charge in [-0.3, -0.25) is 9.59 Å². The molecule has 24 heavy (non-hydrogen) atoms. The van der Waals surface area contributed by atoms with Gasteiger partial charge in [-0.2, -0.15) is 0 Å². The highest BCUT2D eigenvalue weighted by Crippen LogP contribution is 2.21. The van der Waals surface area contributed by atoms with Gasteiger partial charge in [-0.25, -0.2) is 0 Å². The first-order chi connectivity index (χ1) is 10.7. The van der Waals surface area contributed by atoms with E-state index in [0.29, 0.717) is 24.4 Å². The molecule has 1 aliphatic rings. The summed E-state index contributed by atoms with van der Waals surface area (Å²) < 4.78 is 5.15. The highest BCUT2D eigenvalue weighted by Gasteiger charge is 2.33. The third kappa shape index (κ3) is 4.74. The Morgan fingerprint density at radius 1 is 1.33 bits per heavy atom. The highest BCUT2D eigenvalue weighted by molar-refractivity contribution is 5.95. The van der Waals surface area contributed by atoms with Gasteiger partial charge in [0.05, 0.1) is 17.9 Å². The monoisotopic (exact) mass is 357 g/mol. The SMILES string of the molecule is Cc1occc1C(=O)NC1CCN(C(=O)[C@@H](N)C(C)(C)C)CC1.Cl. The minimum Gasteiger partial charge on any atom is -0.469 e. The average Bonchev–Trinajstić information content (AvgIpc) is 2.92. The lowest BCUT2D eigenvalue weighted by molar-refractivity contribution is -0.136. The summed E-state index contributed by atoms with van der Waals surface area (Å²) in [5.74, 6) is 0.492. The van der Waals surface area contributed by atoms with Gasteiger partial charge in [-0.05, 0) is 31.2 Å². The number of likely N-dealkylation sites (tertiary alicyclic amines) is 1. The maximum absolute atomic E-state index is 12.4. The van der Waals surface area contributed by atoms with E-state index < -0.39 is 6.04 Å². The highest BCUT2D eigenvalue weighted by atomic mass is 35.5. The zero-order chi connectivity index (χ0) is 17.2. The van der Waals surface area contributed by atoms with Crippen molar-refractivity contribution in [2.45, 2.75) is 52.6 Å². The number of piperidine rings is 1. The van der Waals surface area contributed by atoms with E-state index in [1.54, 1.807) is 13.0 Å². The molecule has 1 aromatic heterocycles. The van der Waals surface area contributed by atoms with Crippen molar-refractivity contribution in [1.29, 1.82) is 0 Å². The molecule has 0 spiro atoms. The van der Waals surface area contributed by atoms with Crippen molar-refractivity contribution in [1.82, 2.24) is 10.2 Å². The zero-order valence-electron chi connectivity index (χ0n) is 14.8. The van der Waals surface area contributed by atoms with Crippen LogP contribution in [-0.2, 0) is 4.79 Å². The molecule has 3 N–H and O–H groups in total. The molecule has 2 amide bonds. The van der Waals surface area contributed by atoms with Gasteiger partial charge in [-0.15, -0.1) is 12.4 Å². The summed E-state index contributed by atoms with van der Waals surface area (Å²) in [4.78, 5) is 26.4. The van der Waals surface area contributed by atoms with Crippen molar-refractivity contribution in [2.75, 3.05) is 13.1 Å². The Balaban J connectivity index is 0.00000288. The van der Waals surface area contributed by atoms with Crippen molar-refractivity contribution < 1.29 is 14.0 Å². The quantitative estimate of drug-likeness (QED) is 0.867. The Kier molecular flexibility index (Phi) is 6.86. The number of hydrogen-bond donors (Lipinski definition) is 2. The zero-order valence-corrected chi connectivity index (χ0v) is 15.6. The van der Waals surface area contributed by atoms with Crippen LogP contribution in [0.1, 0.15) is 49.7 Å². The summed E-state index contributed by atoms with van der Waals surface area (Å²) in [6.45, 7) is 8.92. The molecule has 136 valence electrons. The normalized spacial score (nSPS) is 17.1. The number of halogens is 1. The Labute approximate surface area is 149 Å². The van der Waals surface area contributed by atoms with Gasteiger partial charge in [0.1, 0.15) is 5.76 Å². The number of nitrogens with one attached hydrogen (secondary N) is 1. The predicted octanol–water partition coefficient (Wildman–Crippen LogP) is 2.10. The number of carbonyl (C=O) groups is 2. The van der Waals surface area contributed by atoms with Crippen LogP contribution in [0.15, 0.2) is 16.7 Å². The van der Waals surface area contributed by atoms with Gasteiger partial charge in [0.15, 0.2) is 0 Å². The Bertz CT molecular complexity index is 572. The molecule has 7 heteroatoms. The number of carbonyl (C=O) groups excluding carboxylic acids is 2. The maximum atomic E-state index is 12.4. The summed E-state index contributed by atoms with van der Waals surface area (Å²) in [7, 11) is 0. The summed E-state index contributed by atoms with van der Waals surface area (Å²) in [6.07, 6.45) is 3.00. The van der Waals surface area contributed by atoms with Crippen LogP contribution in [0.25, 0.3) is 0 Å². The van der Waals surface area contributed by atoms with E-state index in [2.05, 4.69) is 5.32 Å². The Morgan fingerprint density at radius 3 is 2.38 bits per heavy atom. The number of nitrogens with two attached hydrogens (primary N) is 1. The van der Waals surface area contributed by atoms with Gasteiger partial charge in [0, 0.05) is 19.1 Å². The fourth-order valence-electron chi connectivity index (χ4n) is 2.70. The van der Waals surface area contributed by atoms with Crippen LogP contribution in [-0.4, -0.2) is 41.9 Å². The number of rotatable bonds is 3. The summed E-state index contributed by atoms with van der Waals surface area (Å²) >= 11 is 0. The smallest absolute Gasteiger partial charge is 0.255 e. The van der Waals surface area contributed by atoms with Gasteiger partial charge in [0.25, 0.3) is 5.91 Å². The summed E-state index contributed by atoms with van der Waals surface area (Å²) in [5.41, 5.74) is 6.37. The predicted molar refractivity (Wildman–Crippen MR) is 95.2 cm³/mol. The molecular formula is C17H28ClN3O3. The minimum atomic E-state index is -0.498. The summed E-state index contributed by atoms with van der Waals surface area (Å²) in [6, 6.07) is 1.25. The maximum Gasteiger partial charge on any atom is 0.255 e. The fourth-order valence-corrected chi connectivity index (χ4v) is 2.70. The van der Waals surface area contributed by atoms with Crippen LogP contribution in [0.2, 0.25) is 0 Å². The molecule has 1 fully saturated rings. The molecule has 1 aliphatic heterocycles. The van der Waals surface area contributed by atoms with E-state index in [1.807, 2.05) is 25.7 Å². The molecule has 6 nitrogen and oxygen atoms in total. The van der Waals surface area contributed by atoms with Crippen LogP contribution in [0.3, 0.4) is 0 Å². The fraction of sp³-hybridized carbons (Fsp3) is 0.647. The third-order valence-electron chi connectivity index (χ3n) is 4.44. The number of hydrogen-bond acceptors (Lipinski definition) is 4. The average molecular weight is 358 g/mol. The molecular weight excluding hydrogens is 330 g/mol. The lowest BCUT2D eigenvalue weighted by Gasteiger charge is -2.36. The van der Waals surface area contributed by atoms with E-state index >= 15 is 0 Å². The summed E-state index contributed by atoms with van der Waals surface area (Å²) in [5, 5.41) is 3.01. The molecule has 0 radical (unpaired) electrons. The van der Waals surface area contributed by atoms with Gasteiger partial charge in [-0.1, -0.05) is 20.8 Å². The third-order valence-corrected chi connectivity index (χ3v) is 4.44. The van der Waals surface area contributed by atoms with E-state index in [1.165, 1.54) is 6.26 Å². The lowest BCUT2D eigenvalue weighted by Crippen LogP contribution is -2.54. The number of aryl methyl sites for hydroxylation is 1. The van der Waals surface area contributed by atoms with Crippen molar-refractivity contribution >= 4 is 24.2 Å². The molecule has 0 aliphatic carbocycles. The van der Waals surface area contributed by atoms with Crippen LogP contribution in [0.4, 0.5) is 0 Å². The number of nitrogens with zero attached hydrogens (tertiary/aromatic N) is 1. The van der Waals surface area contributed by atoms with Crippen molar-refractivity contribution in [3.8, 4) is 0 Å². The van der Waals surface area contributed by atoms with Crippen LogP contribution in [0.5, 0.6) is 0 Å². The topological polar surface area (TPSA) is 88.6 Å². The van der Waals surface area contributed by atoms with Gasteiger partial charge < -0.3 is 20.4 Å². The van der Waals surface area contributed by atoms with Gasteiger partial charge in [0.2, 0.25) is 5.91 Å². The number of amides is 2. The lowest BCUT2D eigenvalue weighted by atomic mass is 9.86. The molecule has 2 heterocycles. The van der Waals surface area contributed by atoms with E-state index in [0.717, 1.165) is 12.8 Å². The molecule has 0 aromatic carbocycles. The number of furan rings is 1. The van der Waals surface area contributed by atoms with Crippen molar-refractivity contribution in [3.63, 3.8) is 0 Å². The second-order valence-electron chi connectivity index (χ2n) is 7.31. The van der Waals surface area contributed by atoms with Gasteiger partial charge >= 0.3 is 0 Å². The minimum absolute atomic E-state index is 0. The molecule has 1 aromatic rings. The molecule has 0 bridgehead atoms.